The lowest BCUT2D eigenvalue weighted by Gasteiger charge is -2.03. The van der Waals surface area contributed by atoms with E-state index in [-0.39, 0.29) is 0 Å². The van der Waals surface area contributed by atoms with Gasteiger partial charge in [-0.3, -0.25) is 4.68 Å². The third-order valence-electron chi connectivity index (χ3n) is 2.50. The smallest absolute Gasteiger partial charge is 0.0755 e. The summed E-state index contributed by atoms with van der Waals surface area (Å²) in [5, 5.41) is 9.65. The van der Waals surface area contributed by atoms with E-state index in [1.807, 2.05) is 17.9 Å². The van der Waals surface area contributed by atoms with E-state index in [1.165, 1.54) is 16.1 Å². The normalized spacial score (nSPS) is 10.9. The summed E-state index contributed by atoms with van der Waals surface area (Å²) in [5.41, 5.74) is 2.50. The fraction of sp³-hybridized carbons (Fsp3) is 0.364. The monoisotopic (exact) mass is 299 g/mol. The number of hydrogen-bond acceptors (Lipinski definition) is 3. The summed E-state index contributed by atoms with van der Waals surface area (Å²) in [4.78, 5) is 1.31. The van der Waals surface area contributed by atoms with Crippen molar-refractivity contribution < 1.29 is 0 Å². The second-order valence-electron chi connectivity index (χ2n) is 3.67. The lowest BCUT2D eigenvalue weighted by molar-refractivity contribution is 0.668. The largest absolute Gasteiger partial charge is 0.316 e. The van der Waals surface area contributed by atoms with Gasteiger partial charge >= 0.3 is 0 Å². The molecule has 2 aromatic rings. The van der Waals surface area contributed by atoms with Crippen molar-refractivity contribution >= 4 is 27.3 Å². The first-order valence-corrected chi connectivity index (χ1v) is 6.76. The van der Waals surface area contributed by atoms with Gasteiger partial charge in [0.1, 0.15) is 0 Å². The molecular weight excluding hydrogens is 286 g/mol. The molecule has 2 heterocycles. The Morgan fingerprint density at radius 2 is 2.38 bits per heavy atom. The Morgan fingerprint density at radius 3 is 3.00 bits per heavy atom. The molecule has 0 aliphatic rings. The second-order valence-corrected chi connectivity index (χ2v) is 5.59. The maximum Gasteiger partial charge on any atom is 0.0755 e. The Hall–Kier alpha value is -0.650. The summed E-state index contributed by atoms with van der Waals surface area (Å²) in [6.07, 6.45) is 1.94. The van der Waals surface area contributed by atoms with Gasteiger partial charge in [0.25, 0.3) is 0 Å². The van der Waals surface area contributed by atoms with Gasteiger partial charge in [0.05, 0.1) is 12.7 Å². The van der Waals surface area contributed by atoms with Crippen LogP contribution in [0.15, 0.2) is 22.1 Å². The first-order chi connectivity index (χ1) is 7.70. The molecule has 2 aromatic heterocycles. The molecule has 5 heteroatoms. The maximum absolute atomic E-state index is 4.41. The topological polar surface area (TPSA) is 29.9 Å². The Balaban J connectivity index is 2.15. The summed E-state index contributed by atoms with van der Waals surface area (Å²) in [6.45, 7) is 3.84. The van der Waals surface area contributed by atoms with Gasteiger partial charge in [0.2, 0.25) is 0 Å². The Morgan fingerprint density at radius 1 is 1.56 bits per heavy atom. The molecule has 0 amide bonds. The first-order valence-electron chi connectivity index (χ1n) is 5.09. The third kappa shape index (κ3) is 2.53. The molecule has 0 unspecified atom stereocenters. The van der Waals surface area contributed by atoms with Gasteiger partial charge in [0, 0.05) is 32.5 Å². The van der Waals surface area contributed by atoms with E-state index in [4.69, 9.17) is 0 Å². The Kier molecular flexibility index (Phi) is 3.78. The maximum atomic E-state index is 4.41. The zero-order valence-corrected chi connectivity index (χ0v) is 11.7. The molecule has 86 valence electrons. The van der Waals surface area contributed by atoms with Crippen molar-refractivity contribution in [1.82, 2.24) is 15.1 Å². The highest BCUT2D eigenvalue weighted by Crippen LogP contribution is 2.21. The first kappa shape index (κ1) is 11.8. The number of halogens is 1. The van der Waals surface area contributed by atoms with Crippen molar-refractivity contribution in [2.45, 2.75) is 20.0 Å². The molecule has 0 bridgehead atoms. The molecular formula is C11H14BrN3S. The predicted molar refractivity (Wildman–Crippen MR) is 70.8 cm³/mol. The van der Waals surface area contributed by atoms with Gasteiger partial charge in [-0.15, -0.1) is 11.3 Å². The van der Waals surface area contributed by atoms with E-state index < -0.39 is 0 Å². The van der Waals surface area contributed by atoms with Crippen molar-refractivity contribution in [2.24, 2.45) is 0 Å². The van der Waals surface area contributed by atoms with Crippen molar-refractivity contribution in [3.8, 4) is 0 Å². The SMILES string of the molecule is CNCc1cnn(Cc2cc(Br)cs2)c1C. The molecule has 0 radical (unpaired) electrons. The van der Waals surface area contributed by atoms with Crippen molar-refractivity contribution in [3.05, 3.63) is 38.3 Å². The minimum atomic E-state index is 0.853. The Bertz CT molecular complexity index is 475. The summed E-state index contributed by atoms with van der Waals surface area (Å²) >= 11 is 5.22. The quantitative estimate of drug-likeness (QED) is 0.941. The molecule has 0 fully saturated rings. The standard InChI is InChI=1S/C11H14BrN3S/c1-8-9(4-13-2)5-14-15(8)6-11-3-10(12)7-16-11/h3,5,7,13H,4,6H2,1-2H3. The molecule has 0 aliphatic carbocycles. The van der Waals surface area contributed by atoms with Gasteiger partial charge in [-0.1, -0.05) is 0 Å². The van der Waals surface area contributed by atoms with Gasteiger partial charge in [-0.05, 0) is 36.0 Å². The molecule has 0 aliphatic heterocycles. The highest BCUT2D eigenvalue weighted by Gasteiger charge is 2.06. The van der Waals surface area contributed by atoms with E-state index in [2.05, 4.69) is 44.7 Å². The summed E-state index contributed by atoms with van der Waals surface area (Å²) in [7, 11) is 1.95. The van der Waals surface area contributed by atoms with Crippen LogP contribution in [0.3, 0.4) is 0 Å². The van der Waals surface area contributed by atoms with Gasteiger partial charge < -0.3 is 5.32 Å². The molecule has 16 heavy (non-hydrogen) atoms. The second kappa shape index (κ2) is 5.12. The molecule has 1 N–H and O–H groups in total. The molecule has 0 atom stereocenters. The van der Waals surface area contributed by atoms with Crippen LogP contribution < -0.4 is 5.32 Å². The van der Waals surface area contributed by atoms with E-state index >= 15 is 0 Å². The van der Waals surface area contributed by atoms with Crippen LogP contribution >= 0.6 is 27.3 Å². The van der Waals surface area contributed by atoms with Crippen molar-refractivity contribution in [2.75, 3.05) is 7.05 Å². The number of rotatable bonds is 4. The molecule has 3 nitrogen and oxygen atoms in total. The van der Waals surface area contributed by atoms with Crippen LogP contribution in [-0.2, 0) is 13.1 Å². The summed E-state index contributed by atoms with van der Waals surface area (Å²) < 4.78 is 3.19. The van der Waals surface area contributed by atoms with E-state index in [1.54, 1.807) is 11.3 Å². The van der Waals surface area contributed by atoms with E-state index in [0.717, 1.165) is 17.6 Å². The van der Waals surface area contributed by atoms with Gasteiger partial charge in [0.15, 0.2) is 0 Å². The summed E-state index contributed by atoms with van der Waals surface area (Å²) in [5.74, 6) is 0. The fourth-order valence-electron chi connectivity index (χ4n) is 1.59. The van der Waals surface area contributed by atoms with Crippen molar-refractivity contribution in [1.29, 1.82) is 0 Å². The fourth-order valence-corrected chi connectivity index (χ4v) is 3.02. The van der Waals surface area contributed by atoms with E-state index in [0.29, 0.717) is 0 Å². The van der Waals surface area contributed by atoms with Crippen LogP contribution in [0.1, 0.15) is 16.1 Å². The zero-order valence-electron chi connectivity index (χ0n) is 9.33. The zero-order chi connectivity index (χ0) is 11.5. The number of nitrogens with zero attached hydrogens (tertiary/aromatic N) is 2. The highest BCUT2D eigenvalue weighted by molar-refractivity contribution is 9.10. The third-order valence-corrected chi connectivity index (χ3v) is 4.18. The van der Waals surface area contributed by atoms with Crippen LogP contribution in [0.4, 0.5) is 0 Å². The van der Waals surface area contributed by atoms with E-state index in [9.17, 15) is 0 Å². The minimum Gasteiger partial charge on any atom is -0.316 e. The molecule has 0 saturated carbocycles. The van der Waals surface area contributed by atoms with Crippen LogP contribution in [0.25, 0.3) is 0 Å². The molecule has 0 saturated heterocycles. The minimum absolute atomic E-state index is 0.853. The Labute approximate surface area is 108 Å². The molecule has 0 spiro atoms. The number of aromatic nitrogens is 2. The lowest BCUT2D eigenvalue weighted by atomic mass is 10.2. The summed E-state index contributed by atoms with van der Waals surface area (Å²) in [6, 6.07) is 2.14. The average molecular weight is 300 g/mol. The van der Waals surface area contributed by atoms with Crippen molar-refractivity contribution in [3.63, 3.8) is 0 Å². The molecule has 2 rings (SSSR count). The average Bonchev–Trinajstić information content (AvgIpc) is 2.80. The van der Waals surface area contributed by atoms with Gasteiger partial charge in [-0.2, -0.15) is 5.10 Å². The predicted octanol–water partition coefficient (Wildman–Crippen LogP) is 2.78. The van der Waals surface area contributed by atoms with Crippen LogP contribution in [0.2, 0.25) is 0 Å². The molecule has 0 aromatic carbocycles. The van der Waals surface area contributed by atoms with Gasteiger partial charge in [-0.25, -0.2) is 0 Å². The van der Waals surface area contributed by atoms with Crippen LogP contribution in [-0.4, -0.2) is 16.8 Å². The number of hydrogen-bond donors (Lipinski definition) is 1. The number of thiophene rings is 1. The van der Waals surface area contributed by atoms with Crippen LogP contribution in [0, 0.1) is 6.92 Å². The van der Waals surface area contributed by atoms with Crippen LogP contribution in [0.5, 0.6) is 0 Å². The lowest BCUT2D eigenvalue weighted by Crippen LogP contribution is -2.07. The number of nitrogens with one attached hydrogen (secondary N) is 1. The highest BCUT2D eigenvalue weighted by atomic mass is 79.9.